The smallest absolute Gasteiger partial charge is 0.274 e. The summed E-state index contributed by atoms with van der Waals surface area (Å²) in [6.45, 7) is 3.18. The van der Waals surface area contributed by atoms with E-state index in [1.54, 1.807) is 12.1 Å². The van der Waals surface area contributed by atoms with E-state index in [2.05, 4.69) is 10.0 Å². The van der Waals surface area contributed by atoms with Crippen LogP contribution >= 0.6 is 0 Å². The van der Waals surface area contributed by atoms with Crippen molar-refractivity contribution in [2.45, 2.75) is 25.1 Å². The third-order valence-corrected chi connectivity index (χ3v) is 4.08. The van der Waals surface area contributed by atoms with Crippen LogP contribution in [0.5, 0.6) is 0 Å². The molecule has 21 heavy (non-hydrogen) atoms. The molecule has 1 aromatic carbocycles. The number of sulfonamides is 1. The van der Waals surface area contributed by atoms with Gasteiger partial charge in [-0.05, 0) is 36.4 Å². The number of hydrogen-bond donors (Lipinski definition) is 2. The molecule has 1 heterocycles. The fraction of sp³-hybridized carbons (Fsp3) is 0.286. The van der Waals surface area contributed by atoms with Crippen LogP contribution in [0.1, 0.15) is 18.2 Å². The van der Waals surface area contributed by atoms with Crippen molar-refractivity contribution in [2.24, 2.45) is 0 Å². The van der Waals surface area contributed by atoms with Crippen molar-refractivity contribution in [3.05, 3.63) is 53.5 Å². The van der Waals surface area contributed by atoms with E-state index in [4.69, 9.17) is 4.42 Å². The molecule has 0 fully saturated rings. The Morgan fingerprint density at radius 3 is 2.71 bits per heavy atom. The summed E-state index contributed by atoms with van der Waals surface area (Å²) in [7, 11) is -3.74. The Bertz CT molecular complexity index is 698. The van der Waals surface area contributed by atoms with Gasteiger partial charge < -0.3 is 9.73 Å². The van der Waals surface area contributed by atoms with Gasteiger partial charge in [0.2, 0.25) is 5.09 Å². The minimum absolute atomic E-state index is 0.00331. The van der Waals surface area contributed by atoms with Crippen LogP contribution in [0.25, 0.3) is 0 Å². The molecule has 0 saturated heterocycles. The van der Waals surface area contributed by atoms with E-state index in [9.17, 15) is 12.8 Å². The zero-order chi connectivity index (χ0) is 15.3. The summed E-state index contributed by atoms with van der Waals surface area (Å²) in [5, 5.41) is 2.90. The van der Waals surface area contributed by atoms with E-state index in [1.165, 1.54) is 24.3 Å². The van der Waals surface area contributed by atoms with Gasteiger partial charge in [-0.1, -0.05) is 19.1 Å². The fourth-order valence-corrected chi connectivity index (χ4v) is 2.71. The van der Waals surface area contributed by atoms with Gasteiger partial charge >= 0.3 is 0 Å². The molecule has 0 aliphatic carbocycles. The summed E-state index contributed by atoms with van der Waals surface area (Å²) in [6.07, 6.45) is 0. The first-order chi connectivity index (χ1) is 10.0. The number of halogens is 1. The maximum Gasteiger partial charge on any atom is 0.274 e. The van der Waals surface area contributed by atoms with Gasteiger partial charge in [0.1, 0.15) is 11.6 Å². The van der Waals surface area contributed by atoms with Crippen molar-refractivity contribution in [1.29, 1.82) is 0 Å². The van der Waals surface area contributed by atoms with Crippen molar-refractivity contribution in [2.75, 3.05) is 6.54 Å². The van der Waals surface area contributed by atoms with Crippen molar-refractivity contribution < 1.29 is 17.2 Å². The summed E-state index contributed by atoms with van der Waals surface area (Å²) in [6, 6.07) is 8.77. The molecule has 0 aliphatic heterocycles. The Balaban J connectivity index is 2.02. The van der Waals surface area contributed by atoms with Gasteiger partial charge in [-0.3, -0.25) is 0 Å². The molecule has 1 aromatic heterocycles. The molecule has 2 aromatic rings. The van der Waals surface area contributed by atoms with Crippen LogP contribution in [0.3, 0.4) is 0 Å². The van der Waals surface area contributed by atoms with E-state index < -0.39 is 15.8 Å². The summed E-state index contributed by atoms with van der Waals surface area (Å²) in [5.41, 5.74) is 0.540. The second-order valence-electron chi connectivity index (χ2n) is 4.46. The van der Waals surface area contributed by atoms with Gasteiger partial charge in [-0.15, -0.1) is 0 Å². The van der Waals surface area contributed by atoms with Gasteiger partial charge in [0.25, 0.3) is 10.0 Å². The van der Waals surface area contributed by atoms with Crippen molar-refractivity contribution >= 4 is 10.0 Å². The minimum Gasteiger partial charge on any atom is -0.447 e. The first-order valence-corrected chi connectivity index (χ1v) is 8.03. The zero-order valence-corrected chi connectivity index (χ0v) is 12.4. The molecule has 0 aliphatic rings. The van der Waals surface area contributed by atoms with Crippen LogP contribution in [0, 0.1) is 5.82 Å². The quantitative estimate of drug-likeness (QED) is 0.820. The molecule has 5 nitrogen and oxygen atoms in total. The van der Waals surface area contributed by atoms with Gasteiger partial charge in [0.05, 0.1) is 6.54 Å². The maximum atomic E-state index is 13.0. The Labute approximate surface area is 123 Å². The van der Waals surface area contributed by atoms with Crippen molar-refractivity contribution in [3.8, 4) is 0 Å². The standard InChI is InChI=1S/C14H17FN2O3S/c1-2-16-10-13-6-7-14(20-13)21(18,19)17-9-11-4-3-5-12(15)8-11/h3-8,16-17H,2,9-10H2,1H3. The van der Waals surface area contributed by atoms with Crippen LogP contribution in [0.2, 0.25) is 0 Å². The lowest BCUT2D eigenvalue weighted by molar-refractivity contribution is 0.401. The Hall–Kier alpha value is -1.70. The van der Waals surface area contributed by atoms with E-state index in [-0.39, 0.29) is 11.6 Å². The molecule has 0 spiro atoms. The third kappa shape index (κ3) is 4.38. The van der Waals surface area contributed by atoms with E-state index >= 15 is 0 Å². The molecule has 0 unspecified atom stereocenters. The average Bonchev–Trinajstić information content (AvgIpc) is 2.93. The summed E-state index contributed by atoms with van der Waals surface area (Å²) < 4.78 is 44.8. The van der Waals surface area contributed by atoms with Gasteiger partial charge in [-0.2, -0.15) is 0 Å². The number of benzene rings is 1. The zero-order valence-electron chi connectivity index (χ0n) is 11.6. The number of hydrogen-bond acceptors (Lipinski definition) is 4. The van der Waals surface area contributed by atoms with Crippen molar-refractivity contribution in [1.82, 2.24) is 10.0 Å². The lowest BCUT2D eigenvalue weighted by Gasteiger charge is -2.04. The van der Waals surface area contributed by atoms with Gasteiger partial charge in [-0.25, -0.2) is 17.5 Å². The molecule has 0 radical (unpaired) electrons. The number of furan rings is 1. The highest BCUT2D eigenvalue weighted by Gasteiger charge is 2.18. The van der Waals surface area contributed by atoms with Crippen LogP contribution in [0.15, 0.2) is 45.9 Å². The topological polar surface area (TPSA) is 71.3 Å². The highest BCUT2D eigenvalue weighted by atomic mass is 32.2. The minimum atomic E-state index is -3.74. The number of rotatable bonds is 7. The fourth-order valence-electron chi connectivity index (χ4n) is 1.74. The van der Waals surface area contributed by atoms with Gasteiger partial charge in [0.15, 0.2) is 0 Å². The van der Waals surface area contributed by atoms with Crippen LogP contribution in [-0.4, -0.2) is 15.0 Å². The largest absolute Gasteiger partial charge is 0.447 e. The second kappa shape index (κ2) is 6.84. The number of nitrogens with one attached hydrogen (secondary N) is 2. The van der Waals surface area contributed by atoms with Crippen LogP contribution in [0.4, 0.5) is 4.39 Å². The second-order valence-corrected chi connectivity index (χ2v) is 6.15. The molecular formula is C14H17FN2O3S. The molecule has 2 N–H and O–H groups in total. The van der Waals surface area contributed by atoms with E-state index in [0.717, 1.165) is 6.54 Å². The SMILES string of the molecule is CCNCc1ccc(S(=O)(=O)NCc2cccc(F)c2)o1. The highest BCUT2D eigenvalue weighted by molar-refractivity contribution is 7.89. The lowest BCUT2D eigenvalue weighted by atomic mass is 10.2. The normalized spacial score (nSPS) is 11.7. The average molecular weight is 312 g/mol. The molecule has 0 bridgehead atoms. The van der Waals surface area contributed by atoms with Gasteiger partial charge in [0, 0.05) is 6.54 Å². The molecule has 0 saturated carbocycles. The highest BCUT2D eigenvalue weighted by Crippen LogP contribution is 2.14. The molecule has 0 amide bonds. The molecular weight excluding hydrogens is 295 g/mol. The Kier molecular flexibility index (Phi) is 5.11. The molecule has 2 rings (SSSR count). The van der Waals surface area contributed by atoms with Crippen LogP contribution in [-0.2, 0) is 23.1 Å². The first kappa shape index (κ1) is 15.7. The molecule has 0 atom stereocenters. The Morgan fingerprint density at radius 1 is 1.19 bits per heavy atom. The van der Waals surface area contributed by atoms with Crippen LogP contribution < -0.4 is 10.0 Å². The van der Waals surface area contributed by atoms with E-state index in [1.807, 2.05) is 6.92 Å². The Morgan fingerprint density at radius 2 is 2.00 bits per heavy atom. The predicted octanol–water partition coefficient (Wildman–Crippen LogP) is 2.01. The monoisotopic (exact) mass is 312 g/mol. The predicted molar refractivity (Wildman–Crippen MR) is 76.5 cm³/mol. The molecule has 7 heteroatoms. The van der Waals surface area contributed by atoms with E-state index in [0.29, 0.717) is 17.9 Å². The lowest BCUT2D eigenvalue weighted by Crippen LogP contribution is -2.22. The summed E-state index contributed by atoms with van der Waals surface area (Å²) in [4.78, 5) is 0. The maximum absolute atomic E-state index is 13.0. The summed E-state index contributed by atoms with van der Waals surface area (Å²) in [5.74, 6) is 0.139. The summed E-state index contributed by atoms with van der Waals surface area (Å²) >= 11 is 0. The first-order valence-electron chi connectivity index (χ1n) is 6.55. The van der Waals surface area contributed by atoms with Crippen molar-refractivity contribution in [3.63, 3.8) is 0 Å². The molecule has 114 valence electrons. The third-order valence-electron chi connectivity index (χ3n) is 2.81.